The summed E-state index contributed by atoms with van der Waals surface area (Å²) in [5.41, 5.74) is 0. The molecule has 1 heterocycles. The van der Waals surface area contributed by atoms with Crippen molar-refractivity contribution in [3.63, 3.8) is 0 Å². The van der Waals surface area contributed by atoms with E-state index in [0.29, 0.717) is 25.3 Å². The van der Waals surface area contributed by atoms with Crippen molar-refractivity contribution in [2.75, 3.05) is 19.6 Å². The lowest BCUT2D eigenvalue weighted by Crippen LogP contribution is -2.31. The summed E-state index contributed by atoms with van der Waals surface area (Å²) in [6.07, 6.45) is 3.02. The van der Waals surface area contributed by atoms with E-state index >= 15 is 0 Å². The summed E-state index contributed by atoms with van der Waals surface area (Å²) in [7, 11) is 0. The van der Waals surface area contributed by atoms with Crippen molar-refractivity contribution >= 4 is 5.91 Å². The molecule has 15 heavy (non-hydrogen) atoms. The molecule has 1 amide bonds. The molecule has 4 nitrogen and oxygen atoms in total. The van der Waals surface area contributed by atoms with Gasteiger partial charge in [-0.25, -0.2) is 0 Å². The average Bonchev–Trinajstić information content (AvgIpc) is 2.75. The van der Waals surface area contributed by atoms with Gasteiger partial charge in [0.2, 0.25) is 5.91 Å². The van der Waals surface area contributed by atoms with Gasteiger partial charge in [0.1, 0.15) is 0 Å². The highest BCUT2D eigenvalue weighted by molar-refractivity contribution is 5.75. The fourth-order valence-electron chi connectivity index (χ4n) is 1.76. The summed E-state index contributed by atoms with van der Waals surface area (Å²) >= 11 is 0. The minimum atomic E-state index is -0.401. The first-order valence-corrected chi connectivity index (χ1v) is 5.87. The lowest BCUT2D eigenvalue weighted by atomic mass is 10.0. The molecule has 3 N–H and O–H groups in total. The van der Waals surface area contributed by atoms with Crippen molar-refractivity contribution < 1.29 is 9.90 Å². The van der Waals surface area contributed by atoms with Gasteiger partial charge < -0.3 is 15.7 Å². The molecule has 1 fully saturated rings. The van der Waals surface area contributed by atoms with E-state index in [4.69, 9.17) is 0 Å². The third-order valence-corrected chi connectivity index (χ3v) is 2.95. The van der Waals surface area contributed by atoms with Crippen molar-refractivity contribution in [3.05, 3.63) is 0 Å². The number of rotatable bonds is 6. The van der Waals surface area contributed by atoms with Gasteiger partial charge in [-0.05, 0) is 38.3 Å². The fourth-order valence-corrected chi connectivity index (χ4v) is 1.76. The summed E-state index contributed by atoms with van der Waals surface area (Å²) in [5, 5.41) is 15.3. The van der Waals surface area contributed by atoms with Crippen LogP contribution in [0.2, 0.25) is 0 Å². The van der Waals surface area contributed by atoms with Crippen LogP contribution in [0.3, 0.4) is 0 Å². The van der Waals surface area contributed by atoms with Gasteiger partial charge in [0.25, 0.3) is 0 Å². The topological polar surface area (TPSA) is 61.4 Å². The molecule has 2 atom stereocenters. The number of amides is 1. The van der Waals surface area contributed by atoms with E-state index in [1.165, 1.54) is 6.42 Å². The Morgan fingerprint density at radius 2 is 2.47 bits per heavy atom. The van der Waals surface area contributed by atoms with Crippen molar-refractivity contribution in [1.29, 1.82) is 0 Å². The second-order valence-corrected chi connectivity index (χ2v) is 4.26. The largest absolute Gasteiger partial charge is 0.391 e. The average molecular weight is 214 g/mol. The van der Waals surface area contributed by atoms with Gasteiger partial charge >= 0.3 is 0 Å². The van der Waals surface area contributed by atoms with Crippen LogP contribution in [0.4, 0.5) is 0 Å². The van der Waals surface area contributed by atoms with Crippen LogP contribution in [0.15, 0.2) is 0 Å². The maximum atomic E-state index is 11.4. The van der Waals surface area contributed by atoms with Gasteiger partial charge in [-0.3, -0.25) is 4.79 Å². The fraction of sp³-hybridized carbons (Fsp3) is 0.909. The van der Waals surface area contributed by atoms with Crippen LogP contribution in [0.5, 0.6) is 0 Å². The van der Waals surface area contributed by atoms with Crippen LogP contribution in [-0.4, -0.2) is 36.8 Å². The molecule has 1 aliphatic heterocycles. The highest BCUT2D eigenvalue weighted by atomic mass is 16.3. The third-order valence-electron chi connectivity index (χ3n) is 2.95. The quantitative estimate of drug-likeness (QED) is 0.594. The monoisotopic (exact) mass is 214 g/mol. The zero-order valence-corrected chi connectivity index (χ0v) is 9.46. The van der Waals surface area contributed by atoms with Crippen molar-refractivity contribution in [1.82, 2.24) is 10.6 Å². The highest BCUT2D eigenvalue weighted by Gasteiger charge is 2.15. The Labute approximate surface area is 91.4 Å². The molecule has 0 aromatic carbocycles. The van der Waals surface area contributed by atoms with E-state index in [1.807, 2.05) is 6.92 Å². The van der Waals surface area contributed by atoms with Crippen LogP contribution >= 0.6 is 0 Å². The minimum absolute atomic E-state index is 0.0643. The standard InChI is InChI=1S/C11H22N2O2/c1-2-10(14)8-13-11(15)4-3-9-5-6-12-7-9/h9-10,12,14H,2-8H2,1H3,(H,13,15). The summed E-state index contributed by atoms with van der Waals surface area (Å²) < 4.78 is 0. The van der Waals surface area contributed by atoms with Gasteiger partial charge in [0.05, 0.1) is 6.10 Å². The number of hydrogen-bond acceptors (Lipinski definition) is 3. The Hall–Kier alpha value is -0.610. The molecule has 1 aliphatic rings. The van der Waals surface area contributed by atoms with E-state index in [1.54, 1.807) is 0 Å². The normalized spacial score (nSPS) is 22.7. The van der Waals surface area contributed by atoms with Gasteiger partial charge in [0, 0.05) is 13.0 Å². The molecule has 1 saturated heterocycles. The predicted molar refractivity (Wildman–Crippen MR) is 59.5 cm³/mol. The van der Waals surface area contributed by atoms with Crippen LogP contribution in [0, 0.1) is 5.92 Å². The molecule has 88 valence electrons. The first kappa shape index (κ1) is 12.5. The molecule has 2 unspecified atom stereocenters. The third kappa shape index (κ3) is 5.14. The summed E-state index contributed by atoms with van der Waals surface area (Å²) in [6.45, 7) is 4.42. The maximum Gasteiger partial charge on any atom is 0.220 e. The molecule has 0 spiro atoms. The Morgan fingerprint density at radius 3 is 3.07 bits per heavy atom. The van der Waals surface area contributed by atoms with E-state index < -0.39 is 6.10 Å². The van der Waals surface area contributed by atoms with Crippen LogP contribution in [0.25, 0.3) is 0 Å². The van der Waals surface area contributed by atoms with Crippen LogP contribution in [0.1, 0.15) is 32.6 Å². The lowest BCUT2D eigenvalue weighted by molar-refractivity contribution is -0.121. The minimum Gasteiger partial charge on any atom is -0.391 e. The van der Waals surface area contributed by atoms with Gasteiger partial charge in [-0.2, -0.15) is 0 Å². The summed E-state index contributed by atoms with van der Waals surface area (Å²) in [6, 6.07) is 0. The molecule has 0 radical (unpaired) electrons. The second kappa shape index (κ2) is 6.80. The molecule has 0 aliphatic carbocycles. The molecule has 0 aromatic rings. The molecule has 0 bridgehead atoms. The van der Waals surface area contributed by atoms with Gasteiger partial charge in [0.15, 0.2) is 0 Å². The molecule has 0 aromatic heterocycles. The summed E-state index contributed by atoms with van der Waals surface area (Å²) in [5.74, 6) is 0.723. The number of hydrogen-bond donors (Lipinski definition) is 3. The van der Waals surface area contributed by atoms with Crippen molar-refractivity contribution in [2.24, 2.45) is 5.92 Å². The Kier molecular flexibility index (Phi) is 5.65. The van der Waals surface area contributed by atoms with Crippen LogP contribution in [-0.2, 0) is 4.79 Å². The van der Waals surface area contributed by atoms with E-state index in [2.05, 4.69) is 10.6 Å². The first-order valence-electron chi connectivity index (χ1n) is 5.87. The van der Waals surface area contributed by atoms with Crippen molar-refractivity contribution in [3.8, 4) is 0 Å². The second-order valence-electron chi connectivity index (χ2n) is 4.26. The predicted octanol–water partition coefficient (Wildman–Crippen LogP) is 0.263. The molecule has 1 rings (SSSR count). The van der Waals surface area contributed by atoms with E-state index in [9.17, 15) is 9.90 Å². The lowest BCUT2D eigenvalue weighted by Gasteiger charge is -2.11. The highest BCUT2D eigenvalue weighted by Crippen LogP contribution is 2.13. The number of nitrogens with one attached hydrogen (secondary N) is 2. The van der Waals surface area contributed by atoms with Crippen LogP contribution < -0.4 is 10.6 Å². The zero-order valence-electron chi connectivity index (χ0n) is 9.46. The zero-order chi connectivity index (χ0) is 11.1. The smallest absolute Gasteiger partial charge is 0.220 e. The molecule has 4 heteroatoms. The maximum absolute atomic E-state index is 11.4. The number of aliphatic hydroxyl groups is 1. The van der Waals surface area contributed by atoms with Crippen molar-refractivity contribution in [2.45, 2.75) is 38.7 Å². The molecular weight excluding hydrogens is 192 g/mol. The number of carbonyl (C=O) groups is 1. The number of aliphatic hydroxyl groups excluding tert-OH is 1. The van der Waals surface area contributed by atoms with E-state index in [0.717, 1.165) is 19.5 Å². The first-order chi connectivity index (χ1) is 7.22. The van der Waals surface area contributed by atoms with Gasteiger partial charge in [-0.15, -0.1) is 0 Å². The summed E-state index contributed by atoms with van der Waals surface area (Å²) in [4.78, 5) is 11.4. The Bertz CT molecular complexity index is 191. The Balaban J connectivity index is 2.02. The SMILES string of the molecule is CCC(O)CNC(=O)CCC1CCNC1. The van der Waals surface area contributed by atoms with Gasteiger partial charge in [-0.1, -0.05) is 6.92 Å². The molecule has 0 saturated carbocycles. The van der Waals surface area contributed by atoms with E-state index in [-0.39, 0.29) is 5.91 Å². The molecular formula is C11H22N2O2. The number of carbonyl (C=O) groups excluding carboxylic acids is 1. The Morgan fingerprint density at radius 1 is 1.67 bits per heavy atom.